The first kappa shape index (κ1) is 17.8. The van der Waals surface area contributed by atoms with E-state index < -0.39 is 0 Å². The Morgan fingerprint density at radius 3 is 1.65 bits per heavy atom. The van der Waals surface area contributed by atoms with E-state index >= 15 is 0 Å². The van der Waals surface area contributed by atoms with Crippen molar-refractivity contribution in [2.75, 3.05) is 0 Å². The van der Waals surface area contributed by atoms with E-state index in [4.69, 9.17) is 0 Å². The van der Waals surface area contributed by atoms with E-state index in [-0.39, 0.29) is 0 Å². The van der Waals surface area contributed by atoms with E-state index in [0.717, 1.165) is 0 Å². The van der Waals surface area contributed by atoms with Gasteiger partial charge in [0.15, 0.2) is 0 Å². The van der Waals surface area contributed by atoms with Gasteiger partial charge in [0.1, 0.15) is 0 Å². The summed E-state index contributed by atoms with van der Waals surface area (Å²) >= 11 is 1.55. The number of benzene rings is 2. The summed E-state index contributed by atoms with van der Waals surface area (Å²) in [5, 5.41) is 5.39. The quantitative estimate of drug-likeness (QED) is 0.321. The van der Waals surface area contributed by atoms with Gasteiger partial charge in [0.2, 0.25) is 0 Å². The standard InChI is InChI=1S/C13H9.C6H7.C3H6.Zr/c1-3-7-12-10(5-1)9-11-6-2-4-8-13(11)12;1-6-4-2-3-5-6;1-3-2;/h1-9H;2-5H,1H3;1-2H3;/q2*-1;;+2. The van der Waals surface area contributed by atoms with Crippen LogP contribution in [0, 0.1) is 6.92 Å². The fourth-order valence-corrected chi connectivity index (χ4v) is 2.37. The van der Waals surface area contributed by atoms with Crippen molar-refractivity contribution in [2.24, 2.45) is 0 Å². The maximum Gasteiger partial charge on any atom is -0.0771 e. The molecule has 4 aromatic carbocycles. The Morgan fingerprint density at radius 2 is 1.30 bits per heavy atom. The van der Waals surface area contributed by atoms with Gasteiger partial charge in [-0.2, -0.15) is 18.2 Å². The molecule has 0 N–H and O–H groups in total. The molecule has 0 aliphatic heterocycles. The summed E-state index contributed by atoms with van der Waals surface area (Å²) in [4.78, 5) is 0. The molecule has 0 aliphatic rings. The third kappa shape index (κ3) is 5.52. The molecule has 114 valence electrons. The van der Waals surface area contributed by atoms with Gasteiger partial charge in [-0.15, -0.1) is 39.7 Å². The maximum atomic E-state index is 2.24. The minimum Gasteiger partial charge on any atom is -0.211 e. The predicted molar refractivity (Wildman–Crippen MR) is 100 cm³/mol. The molecule has 23 heavy (non-hydrogen) atoms. The Balaban J connectivity index is 0.000000161. The van der Waals surface area contributed by atoms with Gasteiger partial charge in [0.25, 0.3) is 0 Å². The molecule has 0 heterocycles. The molecule has 1 heteroatoms. The molecule has 0 atom stereocenters. The van der Waals surface area contributed by atoms with Crippen molar-refractivity contribution in [3.05, 3.63) is 84.4 Å². The monoisotopic (exact) mass is 376 g/mol. The second-order valence-electron chi connectivity index (χ2n) is 5.78. The molecule has 0 bridgehead atoms. The van der Waals surface area contributed by atoms with Crippen molar-refractivity contribution in [1.29, 1.82) is 0 Å². The van der Waals surface area contributed by atoms with Crippen LogP contribution >= 0.6 is 0 Å². The van der Waals surface area contributed by atoms with Gasteiger partial charge in [0.05, 0.1) is 0 Å². The van der Waals surface area contributed by atoms with Gasteiger partial charge in [0, 0.05) is 0 Å². The smallest absolute Gasteiger partial charge is 0.0771 e. The summed E-state index contributed by atoms with van der Waals surface area (Å²) in [6.45, 7) is 6.33. The van der Waals surface area contributed by atoms with Crippen LogP contribution in [0.2, 0.25) is 0 Å². The Hall–Kier alpha value is -1.59. The van der Waals surface area contributed by atoms with Crippen LogP contribution in [-0.2, 0) is 24.2 Å². The van der Waals surface area contributed by atoms with Crippen molar-refractivity contribution in [3.8, 4) is 0 Å². The molecule has 4 aromatic rings. The zero-order valence-corrected chi connectivity index (χ0v) is 16.5. The van der Waals surface area contributed by atoms with Crippen molar-refractivity contribution in [2.45, 2.75) is 20.8 Å². The number of fused-ring (bicyclic) bond motifs is 3. The molecule has 4 rings (SSSR count). The van der Waals surface area contributed by atoms with Gasteiger partial charge in [-0.05, 0) is 0 Å². The fraction of sp³-hybridized carbons (Fsp3) is 0.136. The topological polar surface area (TPSA) is 0 Å². The molecule has 0 nitrogen and oxygen atoms in total. The number of hydrogen-bond acceptors (Lipinski definition) is 0. The third-order valence-corrected chi connectivity index (χ3v) is 3.35. The second-order valence-corrected chi connectivity index (χ2v) is 8.24. The van der Waals surface area contributed by atoms with Crippen LogP contribution in [0.4, 0.5) is 0 Å². The maximum absolute atomic E-state index is 2.24. The average molecular weight is 378 g/mol. The van der Waals surface area contributed by atoms with E-state index in [1.807, 2.05) is 12.1 Å². The molecule has 0 amide bonds. The van der Waals surface area contributed by atoms with Crippen LogP contribution in [0.25, 0.3) is 21.5 Å². The molecule has 0 aliphatic carbocycles. The SMILES string of the molecule is C[C](C)=[Zr+2].Cc1cc[cH-]c1.c1ccc2c(c1)[cH-]c1ccccc12. The van der Waals surface area contributed by atoms with E-state index in [1.165, 1.54) is 30.3 Å². The molecular formula is C22H22Zr. The summed E-state index contributed by atoms with van der Waals surface area (Å²) in [5.41, 5.74) is 1.34. The van der Waals surface area contributed by atoms with Gasteiger partial charge in [-0.25, -0.2) is 11.6 Å². The Labute approximate surface area is 153 Å². The van der Waals surface area contributed by atoms with Crippen LogP contribution in [-0.4, -0.2) is 3.21 Å². The normalized spacial score (nSPS) is 9.78. The molecule has 0 fully saturated rings. The van der Waals surface area contributed by atoms with E-state index in [2.05, 4.69) is 87.5 Å². The van der Waals surface area contributed by atoms with E-state index in [9.17, 15) is 0 Å². The molecular weight excluding hydrogens is 355 g/mol. The summed E-state index contributed by atoms with van der Waals surface area (Å²) < 4.78 is 1.51. The molecule has 0 saturated carbocycles. The average Bonchev–Trinajstić information content (AvgIpc) is 3.13. The molecule has 0 radical (unpaired) electrons. The molecule has 0 saturated heterocycles. The Kier molecular flexibility index (Phi) is 6.87. The minimum atomic E-state index is 1.34. The molecule has 0 aromatic heterocycles. The largest absolute Gasteiger partial charge is 0.211 e. The fourth-order valence-electron chi connectivity index (χ4n) is 2.37. The van der Waals surface area contributed by atoms with Gasteiger partial charge in [-0.1, -0.05) is 43.3 Å². The van der Waals surface area contributed by atoms with Crippen LogP contribution in [0.3, 0.4) is 0 Å². The third-order valence-electron chi connectivity index (χ3n) is 3.35. The number of rotatable bonds is 0. The van der Waals surface area contributed by atoms with Gasteiger partial charge < -0.3 is 0 Å². The van der Waals surface area contributed by atoms with Gasteiger partial charge >= 0.3 is 41.3 Å². The number of aryl methyl sites for hydroxylation is 1. The summed E-state index contributed by atoms with van der Waals surface area (Å²) in [5.74, 6) is 0. The summed E-state index contributed by atoms with van der Waals surface area (Å²) in [7, 11) is 0. The van der Waals surface area contributed by atoms with Crippen LogP contribution in [0.1, 0.15) is 19.4 Å². The first-order valence-corrected chi connectivity index (χ1v) is 9.04. The molecule has 0 unspecified atom stereocenters. The van der Waals surface area contributed by atoms with Crippen molar-refractivity contribution < 1.29 is 24.2 Å². The summed E-state index contributed by atoms with van der Waals surface area (Å²) in [6.07, 6.45) is 0. The molecule has 0 spiro atoms. The predicted octanol–water partition coefficient (Wildman–Crippen LogP) is 6.17. The van der Waals surface area contributed by atoms with Crippen LogP contribution < -0.4 is 0 Å². The van der Waals surface area contributed by atoms with Crippen molar-refractivity contribution >= 4 is 24.8 Å². The summed E-state index contributed by atoms with van der Waals surface area (Å²) in [6, 6.07) is 27.5. The van der Waals surface area contributed by atoms with E-state index in [1.54, 1.807) is 24.2 Å². The Morgan fingerprint density at radius 1 is 0.826 bits per heavy atom. The first-order valence-electron chi connectivity index (χ1n) is 7.81. The van der Waals surface area contributed by atoms with E-state index in [0.29, 0.717) is 0 Å². The first-order chi connectivity index (χ1) is 11.1. The number of hydrogen-bond donors (Lipinski definition) is 0. The van der Waals surface area contributed by atoms with Crippen LogP contribution in [0.15, 0.2) is 78.9 Å². The van der Waals surface area contributed by atoms with Crippen molar-refractivity contribution in [3.63, 3.8) is 0 Å². The zero-order valence-electron chi connectivity index (χ0n) is 14.0. The Bertz CT molecular complexity index is 809. The minimum absolute atomic E-state index is 1.34. The zero-order chi connectivity index (χ0) is 16.7. The van der Waals surface area contributed by atoms with Crippen LogP contribution in [0.5, 0.6) is 0 Å². The van der Waals surface area contributed by atoms with Crippen molar-refractivity contribution in [1.82, 2.24) is 0 Å². The van der Waals surface area contributed by atoms with Gasteiger partial charge in [-0.3, -0.25) is 0 Å². The second kappa shape index (κ2) is 8.89.